The van der Waals surface area contributed by atoms with Crippen LogP contribution in [0.2, 0.25) is 0 Å². The first kappa shape index (κ1) is 16.4. The van der Waals surface area contributed by atoms with Gasteiger partial charge in [0.1, 0.15) is 17.3 Å². The van der Waals surface area contributed by atoms with Crippen LogP contribution in [0.3, 0.4) is 0 Å². The van der Waals surface area contributed by atoms with Crippen molar-refractivity contribution in [2.24, 2.45) is 5.73 Å². The van der Waals surface area contributed by atoms with E-state index < -0.39 is 0 Å². The molecule has 1 aromatic carbocycles. The molecule has 0 spiro atoms. The summed E-state index contributed by atoms with van der Waals surface area (Å²) < 4.78 is 10.6. The number of anilines is 1. The van der Waals surface area contributed by atoms with Crippen molar-refractivity contribution in [2.75, 3.05) is 25.1 Å². The Bertz CT molecular complexity index is 435. The van der Waals surface area contributed by atoms with Gasteiger partial charge in [0.05, 0.1) is 13.0 Å². The van der Waals surface area contributed by atoms with E-state index in [4.69, 9.17) is 27.4 Å². The number of nitrogens with one attached hydrogen (secondary N) is 1. The minimum atomic E-state index is -0.0714. The first-order chi connectivity index (χ1) is 9.61. The van der Waals surface area contributed by atoms with E-state index in [1.54, 1.807) is 24.3 Å². The molecular weight excluding hydrogens is 276 g/mol. The van der Waals surface area contributed by atoms with Crippen molar-refractivity contribution >= 4 is 28.8 Å². The van der Waals surface area contributed by atoms with Gasteiger partial charge in [0, 0.05) is 12.3 Å². The fourth-order valence-corrected chi connectivity index (χ4v) is 1.48. The van der Waals surface area contributed by atoms with Gasteiger partial charge in [-0.15, -0.1) is 0 Å². The van der Waals surface area contributed by atoms with Gasteiger partial charge in [0.2, 0.25) is 5.91 Å². The van der Waals surface area contributed by atoms with Crippen molar-refractivity contribution in [3.8, 4) is 5.75 Å². The molecule has 110 valence electrons. The van der Waals surface area contributed by atoms with E-state index in [1.165, 1.54) is 0 Å². The monoisotopic (exact) mass is 296 g/mol. The second-order valence-corrected chi connectivity index (χ2v) is 4.71. The highest BCUT2D eigenvalue weighted by atomic mass is 32.1. The number of nitrogens with two attached hydrogens (primary N) is 1. The molecule has 0 radical (unpaired) electrons. The molecule has 0 aliphatic heterocycles. The molecule has 3 N–H and O–H groups in total. The average Bonchev–Trinajstić information content (AvgIpc) is 2.43. The number of amides is 1. The number of hydrogen-bond acceptors (Lipinski definition) is 4. The van der Waals surface area contributed by atoms with Crippen LogP contribution in [0.15, 0.2) is 24.3 Å². The highest BCUT2D eigenvalue weighted by Gasteiger charge is 2.03. The van der Waals surface area contributed by atoms with Gasteiger partial charge in [0.25, 0.3) is 0 Å². The van der Waals surface area contributed by atoms with Gasteiger partial charge in [-0.05, 0) is 30.7 Å². The number of hydrogen-bond donors (Lipinski definition) is 2. The Morgan fingerprint density at radius 3 is 2.60 bits per heavy atom. The van der Waals surface area contributed by atoms with E-state index in [0.29, 0.717) is 36.1 Å². The van der Waals surface area contributed by atoms with Crippen molar-refractivity contribution in [3.63, 3.8) is 0 Å². The van der Waals surface area contributed by atoms with E-state index in [-0.39, 0.29) is 12.5 Å². The first-order valence-corrected chi connectivity index (χ1v) is 6.91. The van der Waals surface area contributed by atoms with Crippen LogP contribution < -0.4 is 15.8 Å². The van der Waals surface area contributed by atoms with Gasteiger partial charge in [-0.1, -0.05) is 19.1 Å². The molecule has 1 aromatic rings. The van der Waals surface area contributed by atoms with Gasteiger partial charge in [-0.3, -0.25) is 4.79 Å². The zero-order valence-electron chi connectivity index (χ0n) is 11.6. The molecule has 0 bridgehead atoms. The summed E-state index contributed by atoms with van der Waals surface area (Å²) in [5.74, 6) is 0.583. The van der Waals surface area contributed by atoms with E-state index in [2.05, 4.69) is 5.32 Å². The minimum absolute atomic E-state index is 0.0714. The third kappa shape index (κ3) is 7.06. The minimum Gasteiger partial charge on any atom is -0.487 e. The second-order valence-electron chi connectivity index (χ2n) is 4.19. The summed E-state index contributed by atoms with van der Waals surface area (Å²) in [4.78, 5) is 11.9. The first-order valence-electron chi connectivity index (χ1n) is 6.50. The maximum Gasteiger partial charge on any atom is 0.226 e. The van der Waals surface area contributed by atoms with Gasteiger partial charge >= 0.3 is 0 Å². The van der Waals surface area contributed by atoms with Gasteiger partial charge in [-0.2, -0.15) is 0 Å². The molecule has 0 aliphatic rings. The largest absolute Gasteiger partial charge is 0.487 e. The third-order valence-corrected chi connectivity index (χ3v) is 2.46. The molecule has 0 aliphatic carbocycles. The highest BCUT2D eigenvalue weighted by Crippen LogP contribution is 2.15. The van der Waals surface area contributed by atoms with Crippen molar-refractivity contribution in [2.45, 2.75) is 19.8 Å². The van der Waals surface area contributed by atoms with Crippen LogP contribution in [0.25, 0.3) is 0 Å². The van der Waals surface area contributed by atoms with Crippen LogP contribution in [0.1, 0.15) is 19.8 Å². The Morgan fingerprint density at radius 2 is 2.00 bits per heavy atom. The Balaban J connectivity index is 2.33. The number of carbonyl (C=O) groups excluding carboxylic acids is 1. The molecule has 0 saturated carbocycles. The van der Waals surface area contributed by atoms with E-state index in [1.807, 2.05) is 6.92 Å². The summed E-state index contributed by atoms with van der Waals surface area (Å²) in [5.41, 5.74) is 6.06. The second kappa shape index (κ2) is 9.28. The fourth-order valence-electron chi connectivity index (χ4n) is 1.42. The third-order valence-electron chi connectivity index (χ3n) is 2.34. The fraction of sp³-hybridized carbons (Fsp3) is 0.429. The molecule has 0 saturated heterocycles. The summed E-state index contributed by atoms with van der Waals surface area (Å²) in [6.07, 6.45) is 1.30. The molecule has 5 nitrogen and oxygen atoms in total. The molecule has 6 heteroatoms. The quantitative estimate of drug-likeness (QED) is 0.539. The van der Waals surface area contributed by atoms with E-state index in [0.717, 1.165) is 6.42 Å². The number of ether oxygens (including phenoxy) is 2. The SMILES string of the molecule is CCCOCCC(=O)Nc1ccc(OCC(N)=S)cc1. The van der Waals surface area contributed by atoms with Gasteiger partial charge in [-0.25, -0.2) is 0 Å². The lowest BCUT2D eigenvalue weighted by atomic mass is 10.3. The predicted octanol–water partition coefficient (Wildman–Crippen LogP) is 2.11. The maximum atomic E-state index is 11.6. The molecule has 0 fully saturated rings. The summed E-state index contributed by atoms with van der Waals surface area (Å²) in [6, 6.07) is 7.03. The van der Waals surface area contributed by atoms with Crippen molar-refractivity contribution < 1.29 is 14.3 Å². The molecule has 0 unspecified atom stereocenters. The van der Waals surface area contributed by atoms with Crippen LogP contribution in [-0.4, -0.2) is 30.7 Å². The normalized spacial score (nSPS) is 10.1. The molecule has 1 amide bonds. The summed E-state index contributed by atoms with van der Waals surface area (Å²) in [7, 11) is 0. The van der Waals surface area contributed by atoms with Crippen LogP contribution in [0, 0.1) is 0 Å². The lowest BCUT2D eigenvalue weighted by Gasteiger charge is -2.08. The zero-order valence-corrected chi connectivity index (χ0v) is 12.4. The van der Waals surface area contributed by atoms with Crippen molar-refractivity contribution in [1.82, 2.24) is 0 Å². The Hall–Kier alpha value is -1.66. The standard InChI is InChI=1S/C14H20N2O3S/c1-2-8-18-9-7-14(17)16-11-3-5-12(6-4-11)19-10-13(15)20/h3-6H,2,7-10H2,1H3,(H2,15,20)(H,16,17). The average molecular weight is 296 g/mol. The zero-order chi connectivity index (χ0) is 14.8. The van der Waals surface area contributed by atoms with Crippen LogP contribution in [0.5, 0.6) is 5.75 Å². The molecule has 0 aromatic heterocycles. The molecule has 1 rings (SSSR count). The van der Waals surface area contributed by atoms with Gasteiger partial charge < -0.3 is 20.5 Å². The predicted molar refractivity (Wildman–Crippen MR) is 83.1 cm³/mol. The number of carbonyl (C=O) groups is 1. The molecule has 0 heterocycles. The number of thiocarbonyl (C=S) groups is 1. The highest BCUT2D eigenvalue weighted by molar-refractivity contribution is 7.80. The van der Waals surface area contributed by atoms with Gasteiger partial charge in [0.15, 0.2) is 0 Å². The van der Waals surface area contributed by atoms with Crippen LogP contribution >= 0.6 is 12.2 Å². The Kier molecular flexibility index (Phi) is 7.60. The maximum absolute atomic E-state index is 11.6. The summed E-state index contributed by atoms with van der Waals surface area (Å²) in [6.45, 7) is 3.36. The van der Waals surface area contributed by atoms with Crippen molar-refractivity contribution in [3.05, 3.63) is 24.3 Å². The lowest BCUT2D eigenvalue weighted by Crippen LogP contribution is -2.17. The van der Waals surface area contributed by atoms with E-state index in [9.17, 15) is 4.79 Å². The molecule has 20 heavy (non-hydrogen) atoms. The van der Waals surface area contributed by atoms with Crippen LogP contribution in [0.4, 0.5) is 5.69 Å². The van der Waals surface area contributed by atoms with E-state index >= 15 is 0 Å². The van der Waals surface area contributed by atoms with Crippen LogP contribution in [-0.2, 0) is 9.53 Å². The van der Waals surface area contributed by atoms with Crippen molar-refractivity contribution in [1.29, 1.82) is 0 Å². The summed E-state index contributed by atoms with van der Waals surface area (Å²) >= 11 is 4.72. The smallest absolute Gasteiger partial charge is 0.226 e. The Labute approximate surface area is 124 Å². The number of benzene rings is 1. The number of rotatable bonds is 9. The molecule has 0 atom stereocenters. The topological polar surface area (TPSA) is 73.6 Å². The summed E-state index contributed by atoms with van der Waals surface area (Å²) in [5, 5.41) is 2.79. The lowest BCUT2D eigenvalue weighted by molar-refractivity contribution is -0.117. The molecular formula is C14H20N2O3S. The Morgan fingerprint density at radius 1 is 1.30 bits per heavy atom.